The molecule has 5 nitrogen and oxygen atoms in total. The van der Waals surface area contributed by atoms with Crippen LogP contribution in [-0.2, 0) is 4.79 Å². The van der Waals surface area contributed by atoms with Gasteiger partial charge in [0.2, 0.25) is 5.91 Å². The second-order valence-electron chi connectivity index (χ2n) is 4.35. The fourth-order valence-electron chi connectivity index (χ4n) is 1.57. The summed E-state index contributed by atoms with van der Waals surface area (Å²) in [6, 6.07) is 6.16. The number of benzene rings is 1. The molecule has 0 aliphatic carbocycles. The molecule has 1 aromatic heterocycles. The van der Waals surface area contributed by atoms with Gasteiger partial charge in [-0.05, 0) is 19.1 Å². The molecule has 1 amide bonds. The van der Waals surface area contributed by atoms with Gasteiger partial charge in [0.25, 0.3) is 11.1 Å². The molecule has 20 heavy (non-hydrogen) atoms. The maximum Gasteiger partial charge on any atom is 0.277 e. The molecule has 106 valence electrons. The molecule has 0 saturated carbocycles. The topological polar surface area (TPSA) is 59.2 Å². The van der Waals surface area contributed by atoms with Crippen LogP contribution in [0.3, 0.4) is 0 Å². The van der Waals surface area contributed by atoms with Crippen LogP contribution in [0.15, 0.2) is 33.9 Å². The second-order valence-corrected chi connectivity index (χ2v) is 5.64. The van der Waals surface area contributed by atoms with Crippen molar-refractivity contribution in [2.24, 2.45) is 0 Å². The molecular formula is C13H14FN3O2S. The van der Waals surface area contributed by atoms with Crippen LogP contribution < -0.4 is 0 Å². The summed E-state index contributed by atoms with van der Waals surface area (Å²) >= 11 is 1.15. The van der Waals surface area contributed by atoms with Crippen molar-refractivity contribution in [3.8, 4) is 11.5 Å². The lowest BCUT2D eigenvalue weighted by Gasteiger charge is -2.14. The van der Waals surface area contributed by atoms with Gasteiger partial charge >= 0.3 is 0 Å². The van der Waals surface area contributed by atoms with E-state index in [-0.39, 0.29) is 27.8 Å². The lowest BCUT2D eigenvalue weighted by atomic mass is 10.2. The molecule has 1 heterocycles. The van der Waals surface area contributed by atoms with Gasteiger partial charge in [-0.25, -0.2) is 4.39 Å². The third-order valence-corrected chi connectivity index (χ3v) is 3.50. The van der Waals surface area contributed by atoms with Crippen LogP contribution in [0.5, 0.6) is 0 Å². The van der Waals surface area contributed by atoms with Crippen LogP contribution in [-0.4, -0.2) is 40.3 Å². The Morgan fingerprint density at radius 1 is 1.35 bits per heavy atom. The summed E-state index contributed by atoms with van der Waals surface area (Å²) in [6.07, 6.45) is 0. The zero-order valence-electron chi connectivity index (χ0n) is 11.3. The Hall–Kier alpha value is -1.89. The van der Waals surface area contributed by atoms with Crippen LogP contribution >= 0.6 is 11.8 Å². The first kappa shape index (κ1) is 14.5. The number of hydrogen-bond donors (Lipinski definition) is 0. The van der Waals surface area contributed by atoms with Gasteiger partial charge < -0.3 is 9.32 Å². The standard InChI is InChI=1S/C13H14FN3O2S/c1-8(12(18)17(2)3)20-13-16-15-11(19-13)9-6-4-5-7-10(9)14/h4-8H,1-3H3/t8-/m0/s1. The number of hydrogen-bond acceptors (Lipinski definition) is 5. The summed E-state index contributed by atoms with van der Waals surface area (Å²) in [7, 11) is 3.36. The zero-order chi connectivity index (χ0) is 14.7. The zero-order valence-corrected chi connectivity index (χ0v) is 12.1. The Morgan fingerprint density at radius 2 is 2.05 bits per heavy atom. The molecule has 2 rings (SSSR count). The summed E-state index contributed by atoms with van der Waals surface area (Å²) in [6.45, 7) is 1.75. The lowest BCUT2D eigenvalue weighted by Crippen LogP contribution is -2.29. The third kappa shape index (κ3) is 3.16. The quantitative estimate of drug-likeness (QED) is 0.811. The minimum atomic E-state index is -0.426. The summed E-state index contributed by atoms with van der Waals surface area (Å²) in [5, 5.41) is 7.52. The summed E-state index contributed by atoms with van der Waals surface area (Å²) in [4.78, 5) is 13.2. The SMILES string of the molecule is C[C@H](Sc1nnc(-c2ccccc2F)o1)C(=O)N(C)C. The van der Waals surface area contributed by atoms with Gasteiger partial charge in [-0.3, -0.25) is 4.79 Å². The second kappa shape index (κ2) is 6.04. The third-order valence-electron chi connectivity index (χ3n) is 2.58. The van der Waals surface area contributed by atoms with E-state index in [1.807, 2.05) is 0 Å². The van der Waals surface area contributed by atoms with Crippen molar-refractivity contribution >= 4 is 17.7 Å². The average molecular weight is 295 g/mol. The molecule has 0 aliphatic rings. The first-order valence-corrected chi connectivity index (χ1v) is 6.83. The van der Waals surface area contributed by atoms with Crippen LogP contribution in [0.25, 0.3) is 11.5 Å². The van der Waals surface area contributed by atoms with Gasteiger partial charge in [0.1, 0.15) is 5.82 Å². The van der Waals surface area contributed by atoms with E-state index in [0.29, 0.717) is 0 Å². The summed E-state index contributed by atoms with van der Waals surface area (Å²) < 4.78 is 19.0. The lowest BCUT2D eigenvalue weighted by molar-refractivity contribution is -0.127. The predicted octanol–water partition coefficient (Wildman–Crippen LogP) is 2.44. The Bertz CT molecular complexity index is 615. The maximum atomic E-state index is 13.6. The highest BCUT2D eigenvalue weighted by Crippen LogP contribution is 2.27. The smallest absolute Gasteiger partial charge is 0.277 e. The van der Waals surface area contributed by atoms with Crippen LogP contribution in [0.4, 0.5) is 4.39 Å². The van der Waals surface area contributed by atoms with Gasteiger partial charge in [-0.2, -0.15) is 0 Å². The van der Waals surface area contributed by atoms with Crippen molar-refractivity contribution in [1.29, 1.82) is 0 Å². The number of amides is 1. The van der Waals surface area contributed by atoms with E-state index in [0.717, 1.165) is 11.8 Å². The molecule has 0 N–H and O–H groups in total. The molecule has 7 heteroatoms. The molecule has 0 aliphatic heterocycles. The maximum absolute atomic E-state index is 13.6. The minimum absolute atomic E-state index is 0.0550. The Labute approximate surface area is 120 Å². The fourth-order valence-corrected chi connectivity index (χ4v) is 2.40. The van der Waals surface area contributed by atoms with Gasteiger partial charge in [0, 0.05) is 14.1 Å². The number of thioether (sulfide) groups is 1. The Kier molecular flexibility index (Phi) is 4.39. The van der Waals surface area contributed by atoms with E-state index in [4.69, 9.17) is 4.42 Å². The first-order chi connectivity index (χ1) is 9.49. The molecule has 0 spiro atoms. The number of aromatic nitrogens is 2. The van der Waals surface area contributed by atoms with E-state index in [1.54, 1.807) is 39.2 Å². The van der Waals surface area contributed by atoms with Crippen LogP contribution in [0, 0.1) is 5.82 Å². The largest absolute Gasteiger partial charge is 0.411 e. The Balaban J connectivity index is 2.14. The average Bonchev–Trinajstić information content (AvgIpc) is 2.86. The molecule has 0 radical (unpaired) electrons. The fraction of sp³-hybridized carbons (Fsp3) is 0.308. The van der Waals surface area contributed by atoms with Crippen LogP contribution in [0.1, 0.15) is 6.92 Å². The van der Waals surface area contributed by atoms with E-state index in [9.17, 15) is 9.18 Å². The van der Waals surface area contributed by atoms with Crippen molar-refractivity contribution in [3.05, 3.63) is 30.1 Å². The molecular weight excluding hydrogens is 281 g/mol. The van der Waals surface area contributed by atoms with Gasteiger partial charge in [-0.1, -0.05) is 23.9 Å². The van der Waals surface area contributed by atoms with Crippen molar-refractivity contribution in [3.63, 3.8) is 0 Å². The molecule has 0 bridgehead atoms. The first-order valence-electron chi connectivity index (χ1n) is 5.95. The van der Waals surface area contributed by atoms with Crippen molar-refractivity contribution in [2.45, 2.75) is 17.4 Å². The monoisotopic (exact) mass is 295 g/mol. The number of halogens is 1. The number of rotatable bonds is 4. The molecule has 2 aromatic rings. The molecule has 0 fully saturated rings. The van der Waals surface area contributed by atoms with Crippen molar-refractivity contribution < 1.29 is 13.6 Å². The van der Waals surface area contributed by atoms with E-state index >= 15 is 0 Å². The van der Waals surface area contributed by atoms with Gasteiger partial charge in [0.05, 0.1) is 10.8 Å². The number of carbonyl (C=O) groups excluding carboxylic acids is 1. The highest BCUT2D eigenvalue weighted by Gasteiger charge is 2.20. The van der Waals surface area contributed by atoms with Gasteiger partial charge in [-0.15, -0.1) is 10.2 Å². The molecule has 1 aromatic carbocycles. The normalized spacial score (nSPS) is 12.2. The summed E-state index contributed by atoms with van der Waals surface area (Å²) in [5.41, 5.74) is 0.249. The van der Waals surface area contributed by atoms with E-state index < -0.39 is 5.82 Å². The highest BCUT2D eigenvalue weighted by atomic mass is 32.2. The minimum Gasteiger partial charge on any atom is -0.411 e. The predicted molar refractivity (Wildman–Crippen MR) is 73.7 cm³/mol. The number of nitrogens with zero attached hydrogens (tertiary/aromatic N) is 3. The molecule has 0 unspecified atom stereocenters. The highest BCUT2D eigenvalue weighted by molar-refractivity contribution is 8.00. The van der Waals surface area contributed by atoms with Gasteiger partial charge in [0.15, 0.2) is 0 Å². The van der Waals surface area contributed by atoms with Crippen LogP contribution in [0.2, 0.25) is 0 Å². The molecule has 0 saturated heterocycles. The Morgan fingerprint density at radius 3 is 2.70 bits per heavy atom. The summed E-state index contributed by atoms with van der Waals surface area (Å²) in [5.74, 6) is -0.374. The van der Waals surface area contributed by atoms with E-state index in [2.05, 4.69) is 10.2 Å². The van der Waals surface area contributed by atoms with Crippen molar-refractivity contribution in [1.82, 2.24) is 15.1 Å². The van der Waals surface area contributed by atoms with E-state index in [1.165, 1.54) is 11.0 Å². The number of carbonyl (C=O) groups is 1. The molecule has 1 atom stereocenters. The van der Waals surface area contributed by atoms with Crippen molar-refractivity contribution in [2.75, 3.05) is 14.1 Å².